The van der Waals surface area contributed by atoms with Gasteiger partial charge in [0.25, 0.3) is 0 Å². The summed E-state index contributed by atoms with van der Waals surface area (Å²) in [7, 11) is 0. The maximum Gasteiger partial charge on any atom is 0.123 e. The second-order valence-corrected chi connectivity index (χ2v) is 4.46. The maximum atomic E-state index is 12.8. The Bertz CT molecular complexity index is 508. The number of nitrogens with one attached hydrogen (secondary N) is 1. The minimum atomic E-state index is -0.200. The average Bonchev–Trinajstić information content (AvgIpc) is 2.38. The van der Waals surface area contributed by atoms with Crippen LogP contribution in [0.25, 0.3) is 0 Å². The predicted octanol–water partition coefficient (Wildman–Crippen LogP) is 3.38. The molecule has 0 aliphatic heterocycles. The van der Waals surface area contributed by atoms with Gasteiger partial charge >= 0.3 is 0 Å². The highest BCUT2D eigenvalue weighted by molar-refractivity contribution is 5.23. The highest BCUT2D eigenvalue weighted by atomic mass is 19.1. The van der Waals surface area contributed by atoms with Gasteiger partial charge in [0.05, 0.1) is 0 Å². The van der Waals surface area contributed by atoms with Crippen LogP contribution in [0.2, 0.25) is 0 Å². The molecule has 1 aromatic heterocycles. The number of rotatable bonds is 4. The molecule has 1 atom stereocenters. The van der Waals surface area contributed by atoms with E-state index in [0.717, 1.165) is 12.1 Å². The third-order valence-electron chi connectivity index (χ3n) is 3.12. The summed E-state index contributed by atoms with van der Waals surface area (Å²) in [6.07, 6.45) is 3.67. The van der Waals surface area contributed by atoms with E-state index in [0.29, 0.717) is 0 Å². The van der Waals surface area contributed by atoms with Crippen LogP contribution in [-0.4, -0.2) is 4.98 Å². The summed E-state index contributed by atoms with van der Waals surface area (Å²) in [5, 5.41) is 3.41. The molecule has 1 unspecified atom stereocenters. The van der Waals surface area contributed by atoms with Crippen LogP contribution in [0.3, 0.4) is 0 Å². The van der Waals surface area contributed by atoms with Gasteiger partial charge in [0.1, 0.15) is 5.82 Å². The first kappa shape index (κ1) is 12.7. The largest absolute Gasteiger partial charge is 0.306 e. The minimum Gasteiger partial charge on any atom is -0.306 e. The number of pyridine rings is 1. The zero-order valence-electron chi connectivity index (χ0n) is 10.7. The molecule has 0 amide bonds. The van der Waals surface area contributed by atoms with Crippen molar-refractivity contribution in [2.45, 2.75) is 26.4 Å². The van der Waals surface area contributed by atoms with Crippen molar-refractivity contribution in [1.29, 1.82) is 0 Å². The van der Waals surface area contributed by atoms with E-state index in [1.807, 2.05) is 24.4 Å². The molecular weight excluding hydrogens is 227 g/mol. The van der Waals surface area contributed by atoms with Crippen LogP contribution in [0, 0.1) is 12.7 Å². The third kappa shape index (κ3) is 3.14. The monoisotopic (exact) mass is 244 g/mol. The molecule has 1 N–H and O–H groups in total. The molecule has 0 bridgehead atoms. The summed E-state index contributed by atoms with van der Waals surface area (Å²) in [6.45, 7) is 4.90. The van der Waals surface area contributed by atoms with Crippen molar-refractivity contribution >= 4 is 0 Å². The maximum absolute atomic E-state index is 12.8. The van der Waals surface area contributed by atoms with E-state index in [9.17, 15) is 4.39 Å². The Balaban J connectivity index is 1.98. The fourth-order valence-electron chi connectivity index (χ4n) is 1.81. The first-order valence-corrected chi connectivity index (χ1v) is 6.05. The molecule has 1 heterocycles. The number of halogens is 1. The lowest BCUT2D eigenvalue weighted by Crippen LogP contribution is -2.18. The number of aromatic nitrogens is 1. The topological polar surface area (TPSA) is 24.9 Å². The molecule has 3 heteroatoms. The zero-order valence-corrected chi connectivity index (χ0v) is 10.7. The van der Waals surface area contributed by atoms with Crippen LogP contribution in [-0.2, 0) is 6.54 Å². The number of hydrogen-bond donors (Lipinski definition) is 1. The third-order valence-corrected chi connectivity index (χ3v) is 3.12. The molecule has 0 fully saturated rings. The van der Waals surface area contributed by atoms with E-state index < -0.39 is 0 Å². The van der Waals surface area contributed by atoms with Crippen molar-refractivity contribution < 1.29 is 4.39 Å². The van der Waals surface area contributed by atoms with Crippen LogP contribution in [0.5, 0.6) is 0 Å². The standard InChI is InChI=1S/C15H17FN2/c1-11-7-8-17-9-14(11)10-18-12(2)13-3-5-15(16)6-4-13/h3-9,12,18H,10H2,1-2H3. The summed E-state index contributed by atoms with van der Waals surface area (Å²) >= 11 is 0. The molecule has 0 spiro atoms. The van der Waals surface area contributed by atoms with E-state index in [-0.39, 0.29) is 11.9 Å². The highest BCUT2D eigenvalue weighted by Gasteiger charge is 2.05. The van der Waals surface area contributed by atoms with Crippen LogP contribution < -0.4 is 5.32 Å². The number of hydrogen-bond acceptors (Lipinski definition) is 2. The van der Waals surface area contributed by atoms with Gasteiger partial charge in [-0.2, -0.15) is 0 Å². The molecule has 0 aliphatic rings. The van der Waals surface area contributed by atoms with E-state index in [1.165, 1.54) is 23.3 Å². The fraction of sp³-hybridized carbons (Fsp3) is 0.267. The Kier molecular flexibility index (Phi) is 4.05. The number of nitrogens with zero attached hydrogens (tertiary/aromatic N) is 1. The Hall–Kier alpha value is -1.74. The van der Waals surface area contributed by atoms with E-state index in [2.05, 4.69) is 24.1 Å². The van der Waals surface area contributed by atoms with Gasteiger partial charge in [0.2, 0.25) is 0 Å². The molecule has 1 aromatic carbocycles. The van der Waals surface area contributed by atoms with Crippen LogP contribution in [0.4, 0.5) is 4.39 Å². The second-order valence-electron chi connectivity index (χ2n) is 4.46. The SMILES string of the molecule is Cc1ccncc1CNC(C)c1ccc(F)cc1. The Morgan fingerprint density at radius 1 is 1.22 bits per heavy atom. The molecule has 2 nitrogen and oxygen atoms in total. The van der Waals surface area contributed by atoms with Crippen molar-refractivity contribution in [3.8, 4) is 0 Å². The Morgan fingerprint density at radius 2 is 1.94 bits per heavy atom. The van der Waals surface area contributed by atoms with Crippen molar-refractivity contribution in [2.24, 2.45) is 0 Å². The van der Waals surface area contributed by atoms with E-state index >= 15 is 0 Å². The second kappa shape index (κ2) is 5.74. The lowest BCUT2D eigenvalue weighted by Gasteiger charge is -2.15. The first-order valence-electron chi connectivity index (χ1n) is 6.05. The molecule has 18 heavy (non-hydrogen) atoms. The summed E-state index contributed by atoms with van der Waals surface area (Å²) in [6, 6.07) is 8.78. The van der Waals surface area contributed by atoms with Crippen molar-refractivity contribution in [2.75, 3.05) is 0 Å². The predicted molar refractivity (Wildman–Crippen MR) is 70.6 cm³/mol. The quantitative estimate of drug-likeness (QED) is 0.891. The van der Waals surface area contributed by atoms with Crippen LogP contribution in [0.15, 0.2) is 42.7 Å². The van der Waals surface area contributed by atoms with Crippen molar-refractivity contribution in [1.82, 2.24) is 10.3 Å². The summed E-state index contributed by atoms with van der Waals surface area (Å²) in [5.74, 6) is -0.200. The Labute approximate surface area is 107 Å². The van der Waals surface area contributed by atoms with Gasteiger partial charge in [-0.1, -0.05) is 12.1 Å². The van der Waals surface area contributed by atoms with Crippen molar-refractivity contribution in [3.63, 3.8) is 0 Å². The van der Waals surface area contributed by atoms with E-state index in [1.54, 1.807) is 6.20 Å². The molecular formula is C15H17FN2. The van der Waals surface area contributed by atoms with Crippen LogP contribution >= 0.6 is 0 Å². The van der Waals surface area contributed by atoms with Crippen LogP contribution in [0.1, 0.15) is 29.7 Å². The van der Waals surface area contributed by atoms with Gasteiger partial charge in [0, 0.05) is 25.0 Å². The zero-order chi connectivity index (χ0) is 13.0. The molecule has 94 valence electrons. The summed E-state index contributed by atoms with van der Waals surface area (Å²) < 4.78 is 12.8. The lowest BCUT2D eigenvalue weighted by molar-refractivity contribution is 0.569. The molecule has 0 aliphatic carbocycles. The molecule has 2 aromatic rings. The van der Waals surface area contributed by atoms with Gasteiger partial charge in [-0.15, -0.1) is 0 Å². The Morgan fingerprint density at radius 3 is 2.61 bits per heavy atom. The van der Waals surface area contributed by atoms with Gasteiger partial charge in [-0.05, 0) is 48.7 Å². The van der Waals surface area contributed by atoms with Crippen molar-refractivity contribution in [3.05, 3.63) is 65.2 Å². The van der Waals surface area contributed by atoms with Gasteiger partial charge in [-0.25, -0.2) is 4.39 Å². The van der Waals surface area contributed by atoms with Gasteiger partial charge in [0.15, 0.2) is 0 Å². The summed E-state index contributed by atoms with van der Waals surface area (Å²) in [5.41, 5.74) is 3.49. The highest BCUT2D eigenvalue weighted by Crippen LogP contribution is 2.14. The van der Waals surface area contributed by atoms with Gasteiger partial charge < -0.3 is 5.32 Å². The smallest absolute Gasteiger partial charge is 0.123 e. The van der Waals surface area contributed by atoms with Gasteiger partial charge in [-0.3, -0.25) is 4.98 Å². The molecule has 0 saturated carbocycles. The fourth-order valence-corrected chi connectivity index (χ4v) is 1.81. The minimum absolute atomic E-state index is 0.185. The number of aryl methyl sites for hydroxylation is 1. The molecule has 0 radical (unpaired) electrons. The normalized spacial score (nSPS) is 12.4. The molecule has 2 rings (SSSR count). The first-order chi connectivity index (χ1) is 8.66. The average molecular weight is 244 g/mol. The summed E-state index contributed by atoms with van der Waals surface area (Å²) in [4.78, 5) is 4.12. The number of benzene rings is 1. The van der Waals surface area contributed by atoms with E-state index in [4.69, 9.17) is 0 Å². The molecule has 0 saturated heterocycles. The lowest BCUT2D eigenvalue weighted by atomic mass is 10.1.